The van der Waals surface area contributed by atoms with Gasteiger partial charge in [-0.05, 0) is 25.0 Å². The largest absolute Gasteiger partial charge is 0.347 e. The van der Waals surface area contributed by atoms with Gasteiger partial charge < -0.3 is 15.2 Å². The highest BCUT2D eigenvalue weighted by atomic mass is 19.1. The van der Waals surface area contributed by atoms with Crippen molar-refractivity contribution in [3.8, 4) is 0 Å². The number of fused-ring (bicyclic) bond motifs is 1. The molecule has 0 saturated carbocycles. The van der Waals surface area contributed by atoms with Gasteiger partial charge in [0, 0.05) is 19.0 Å². The van der Waals surface area contributed by atoms with Crippen LogP contribution in [0.15, 0.2) is 18.2 Å². The van der Waals surface area contributed by atoms with Gasteiger partial charge >= 0.3 is 0 Å². The molecule has 138 valence electrons. The molecule has 1 aliphatic rings. The average Bonchev–Trinajstić information content (AvgIpc) is 2.84. The van der Waals surface area contributed by atoms with Crippen LogP contribution in [-0.2, 0) is 24.3 Å². The predicted octanol–water partition coefficient (Wildman–Crippen LogP) is 1.33. The normalized spacial score (nSPS) is 13.6. The Bertz CT molecular complexity index is 821. The first kappa shape index (κ1) is 18.0. The van der Waals surface area contributed by atoms with E-state index in [9.17, 15) is 18.4 Å². The molecule has 1 aliphatic heterocycles. The Labute approximate surface area is 148 Å². The number of hydrogen-bond donors (Lipinski definition) is 2. The summed E-state index contributed by atoms with van der Waals surface area (Å²) < 4.78 is 28.4. The Kier molecular flexibility index (Phi) is 5.55. The molecule has 9 heteroatoms. The maximum Gasteiger partial charge on any atom is 0.254 e. The number of carbonyl (C=O) groups excluding carboxylic acids is 2. The first-order valence-corrected chi connectivity index (χ1v) is 8.45. The van der Waals surface area contributed by atoms with E-state index in [-0.39, 0.29) is 18.7 Å². The van der Waals surface area contributed by atoms with Crippen LogP contribution in [0, 0.1) is 11.6 Å². The number of nitrogens with one attached hydrogen (secondary N) is 2. The second-order valence-corrected chi connectivity index (χ2v) is 6.08. The Morgan fingerprint density at radius 1 is 1.12 bits per heavy atom. The molecule has 2 N–H and O–H groups in total. The molecule has 7 nitrogen and oxygen atoms in total. The average molecular weight is 363 g/mol. The van der Waals surface area contributed by atoms with Crippen LogP contribution in [0.2, 0.25) is 0 Å². The van der Waals surface area contributed by atoms with Gasteiger partial charge in [-0.1, -0.05) is 6.42 Å². The van der Waals surface area contributed by atoms with Gasteiger partial charge in [0.15, 0.2) is 5.82 Å². The third kappa shape index (κ3) is 4.22. The lowest BCUT2D eigenvalue weighted by Crippen LogP contribution is -2.37. The summed E-state index contributed by atoms with van der Waals surface area (Å²) in [5.41, 5.74) is -0.318. The van der Waals surface area contributed by atoms with Crippen molar-refractivity contribution in [3.05, 3.63) is 47.0 Å². The Hall–Kier alpha value is -2.84. The first-order valence-electron chi connectivity index (χ1n) is 8.45. The molecular formula is C17H19F2N5O2. The second kappa shape index (κ2) is 8.03. The standard InChI is InChI=1S/C17H19F2N5O2/c18-11-5-6-12(13(19)8-11)17(26)21-10-16(25)20-9-15-23-22-14-4-2-1-3-7-24(14)15/h5-6,8H,1-4,7,9-10H2,(H,20,25)(H,21,26). The van der Waals surface area contributed by atoms with E-state index >= 15 is 0 Å². The number of rotatable bonds is 5. The molecule has 2 aromatic rings. The lowest BCUT2D eigenvalue weighted by atomic mass is 10.2. The van der Waals surface area contributed by atoms with Gasteiger partial charge in [0.25, 0.3) is 5.91 Å². The molecule has 0 saturated heterocycles. The number of halogens is 2. The van der Waals surface area contributed by atoms with E-state index in [1.165, 1.54) is 0 Å². The fraction of sp³-hybridized carbons (Fsp3) is 0.412. The topological polar surface area (TPSA) is 88.9 Å². The van der Waals surface area contributed by atoms with Crippen LogP contribution in [0.5, 0.6) is 0 Å². The minimum Gasteiger partial charge on any atom is -0.347 e. The fourth-order valence-corrected chi connectivity index (χ4v) is 2.85. The molecule has 0 atom stereocenters. The Morgan fingerprint density at radius 2 is 1.96 bits per heavy atom. The van der Waals surface area contributed by atoms with Crippen LogP contribution < -0.4 is 10.6 Å². The number of benzene rings is 1. The van der Waals surface area contributed by atoms with Gasteiger partial charge in [0.1, 0.15) is 17.5 Å². The summed E-state index contributed by atoms with van der Waals surface area (Å²) in [5.74, 6) is -1.38. The SMILES string of the molecule is O=C(CNC(=O)c1ccc(F)cc1F)NCc1nnc2n1CCCCC2. The van der Waals surface area contributed by atoms with E-state index in [1.54, 1.807) is 0 Å². The third-order valence-electron chi connectivity index (χ3n) is 4.22. The van der Waals surface area contributed by atoms with Gasteiger partial charge in [0.05, 0.1) is 18.7 Å². The van der Waals surface area contributed by atoms with E-state index in [0.717, 1.165) is 50.2 Å². The van der Waals surface area contributed by atoms with Gasteiger partial charge in [0.2, 0.25) is 5.91 Å². The van der Waals surface area contributed by atoms with Gasteiger partial charge in [-0.2, -0.15) is 0 Å². The van der Waals surface area contributed by atoms with Crippen LogP contribution in [0.3, 0.4) is 0 Å². The number of hydrogen-bond acceptors (Lipinski definition) is 4. The van der Waals surface area contributed by atoms with E-state index in [4.69, 9.17) is 0 Å². The van der Waals surface area contributed by atoms with Crippen molar-refractivity contribution in [1.82, 2.24) is 25.4 Å². The van der Waals surface area contributed by atoms with Crippen molar-refractivity contribution < 1.29 is 18.4 Å². The van der Waals surface area contributed by atoms with Crippen molar-refractivity contribution in [2.24, 2.45) is 0 Å². The summed E-state index contributed by atoms with van der Waals surface area (Å²) in [7, 11) is 0. The van der Waals surface area contributed by atoms with E-state index in [1.807, 2.05) is 4.57 Å². The zero-order valence-corrected chi connectivity index (χ0v) is 14.1. The molecule has 0 bridgehead atoms. The van der Waals surface area contributed by atoms with Crippen LogP contribution >= 0.6 is 0 Å². The molecule has 1 aromatic heterocycles. The molecule has 0 radical (unpaired) electrons. The molecular weight excluding hydrogens is 344 g/mol. The molecule has 0 unspecified atom stereocenters. The summed E-state index contributed by atoms with van der Waals surface area (Å²) in [4.78, 5) is 23.8. The zero-order valence-electron chi connectivity index (χ0n) is 14.1. The van der Waals surface area contributed by atoms with Gasteiger partial charge in [-0.15, -0.1) is 10.2 Å². The van der Waals surface area contributed by atoms with Crippen LogP contribution in [0.25, 0.3) is 0 Å². The zero-order chi connectivity index (χ0) is 18.5. The molecule has 2 heterocycles. The maximum absolute atomic E-state index is 13.5. The number of aromatic nitrogens is 3. The molecule has 3 rings (SSSR count). The van der Waals surface area contributed by atoms with Crippen molar-refractivity contribution in [2.75, 3.05) is 6.54 Å². The predicted molar refractivity (Wildman–Crippen MR) is 88.1 cm³/mol. The lowest BCUT2D eigenvalue weighted by molar-refractivity contribution is -0.120. The van der Waals surface area contributed by atoms with Gasteiger partial charge in [-0.3, -0.25) is 9.59 Å². The van der Waals surface area contributed by atoms with Crippen molar-refractivity contribution in [1.29, 1.82) is 0 Å². The van der Waals surface area contributed by atoms with Crippen LogP contribution in [-0.4, -0.2) is 33.1 Å². The molecule has 0 aliphatic carbocycles. The second-order valence-electron chi connectivity index (χ2n) is 6.08. The molecule has 26 heavy (non-hydrogen) atoms. The summed E-state index contributed by atoms with van der Waals surface area (Å²) in [6.07, 6.45) is 4.14. The minimum absolute atomic E-state index is 0.201. The molecule has 0 spiro atoms. The van der Waals surface area contributed by atoms with E-state index < -0.39 is 23.4 Å². The highest BCUT2D eigenvalue weighted by molar-refractivity contribution is 5.96. The van der Waals surface area contributed by atoms with Crippen molar-refractivity contribution in [2.45, 2.75) is 38.8 Å². The van der Waals surface area contributed by atoms with Crippen molar-refractivity contribution in [3.63, 3.8) is 0 Å². The molecule has 0 fully saturated rings. The minimum atomic E-state index is -0.978. The van der Waals surface area contributed by atoms with Crippen molar-refractivity contribution >= 4 is 11.8 Å². The summed E-state index contributed by atoms with van der Waals surface area (Å²) in [6, 6.07) is 2.63. The quantitative estimate of drug-likeness (QED) is 0.839. The van der Waals surface area contributed by atoms with E-state index in [2.05, 4.69) is 20.8 Å². The fourth-order valence-electron chi connectivity index (χ4n) is 2.85. The van der Waals surface area contributed by atoms with E-state index in [0.29, 0.717) is 11.9 Å². The highest BCUT2D eigenvalue weighted by Gasteiger charge is 2.16. The highest BCUT2D eigenvalue weighted by Crippen LogP contribution is 2.14. The lowest BCUT2D eigenvalue weighted by Gasteiger charge is -2.09. The molecule has 2 amide bonds. The number of amides is 2. The number of nitrogens with zero attached hydrogens (tertiary/aromatic N) is 3. The smallest absolute Gasteiger partial charge is 0.254 e. The monoisotopic (exact) mass is 363 g/mol. The molecule has 1 aromatic carbocycles. The summed E-state index contributed by atoms with van der Waals surface area (Å²) in [6.45, 7) is 0.706. The maximum atomic E-state index is 13.5. The summed E-state index contributed by atoms with van der Waals surface area (Å²) in [5, 5.41) is 13.2. The first-order chi connectivity index (χ1) is 12.5. The van der Waals surface area contributed by atoms with Crippen LogP contribution in [0.1, 0.15) is 41.3 Å². The Balaban J connectivity index is 1.50. The number of aryl methyl sites for hydroxylation is 1. The third-order valence-corrected chi connectivity index (χ3v) is 4.22. The Morgan fingerprint density at radius 3 is 2.77 bits per heavy atom. The van der Waals surface area contributed by atoms with Crippen LogP contribution in [0.4, 0.5) is 8.78 Å². The van der Waals surface area contributed by atoms with Gasteiger partial charge in [-0.25, -0.2) is 8.78 Å². The number of carbonyl (C=O) groups is 2. The summed E-state index contributed by atoms with van der Waals surface area (Å²) >= 11 is 0.